The number of esters is 1. The van der Waals surface area contributed by atoms with Gasteiger partial charge in [0.15, 0.2) is 18.1 Å². The van der Waals surface area contributed by atoms with E-state index in [0.29, 0.717) is 5.69 Å². The molecule has 0 saturated carbocycles. The minimum absolute atomic E-state index is 0.0995. The minimum Gasteiger partial charge on any atom is -0.493 e. The van der Waals surface area contributed by atoms with E-state index in [1.807, 2.05) is 36.5 Å². The summed E-state index contributed by atoms with van der Waals surface area (Å²) in [5, 5.41) is 6.77. The first-order valence-electron chi connectivity index (χ1n) is 10.6. The van der Waals surface area contributed by atoms with Gasteiger partial charge >= 0.3 is 5.97 Å². The number of rotatable bonds is 9. The molecule has 8 nitrogen and oxygen atoms in total. The third kappa shape index (κ3) is 6.23. The Balaban J connectivity index is 1.31. The van der Waals surface area contributed by atoms with Crippen LogP contribution in [-0.2, 0) is 16.1 Å². The van der Waals surface area contributed by atoms with Crippen molar-refractivity contribution in [3.8, 4) is 17.2 Å². The highest BCUT2D eigenvalue weighted by Gasteiger charge is 2.14. The second-order valence-corrected chi connectivity index (χ2v) is 7.40. The number of nitrogens with zero attached hydrogens (tertiary/aromatic N) is 2. The number of hydrogen-bond acceptors (Lipinski definition) is 6. The molecule has 1 aromatic heterocycles. The molecule has 0 aliphatic heterocycles. The van der Waals surface area contributed by atoms with Gasteiger partial charge in [0.1, 0.15) is 12.4 Å². The van der Waals surface area contributed by atoms with Crippen molar-refractivity contribution in [3.05, 3.63) is 102 Å². The molecule has 0 bridgehead atoms. The molecule has 3 aromatic carbocycles. The van der Waals surface area contributed by atoms with Crippen molar-refractivity contribution in [2.75, 3.05) is 19.0 Å². The lowest BCUT2D eigenvalue weighted by Gasteiger charge is -2.12. The van der Waals surface area contributed by atoms with E-state index in [0.717, 1.165) is 11.3 Å². The van der Waals surface area contributed by atoms with Crippen LogP contribution in [0, 0.1) is 5.82 Å². The van der Waals surface area contributed by atoms with Crippen LogP contribution >= 0.6 is 0 Å². The monoisotopic (exact) mass is 475 g/mol. The number of anilines is 1. The Morgan fingerprint density at radius 1 is 1.00 bits per heavy atom. The molecule has 4 rings (SSSR count). The van der Waals surface area contributed by atoms with Crippen LogP contribution in [-0.4, -0.2) is 35.4 Å². The van der Waals surface area contributed by atoms with E-state index >= 15 is 0 Å². The summed E-state index contributed by atoms with van der Waals surface area (Å²) >= 11 is 0. The Bertz CT molecular complexity index is 1290. The zero-order valence-corrected chi connectivity index (χ0v) is 18.8. The van der Waals surface area contributed by atoms with E-state index in [4.69, 9.17) is 14.2 Å². The Morgan fingerprint density at radius 3 is 2.46 bits per heavy atom. The van der Waals surface area contributed by atoms with E-state index in [2.05, 4.69) is 10.4 Å². The van der Waals surface area contributed by atoms with E-state index in [1.54, 1.807) is 10.9 Å². The van der Waals surface area contributed by atoms with E-state index in [9.17, 15) is 14.0 Å². The van der Waals surface area contributed by atoms with Gasteiger partial charge in [-0.1, -0.05) is 12.1 Å². The highest BCUT2D eigenvalue weighted by Crippen LogP contribution is 2.28. The fourth-order valence-corrected chi connectivity index (χ4v) is 3.19. The van der Waals surface area contributed by atoms with E-state index in [1.165, 1.54) is 49.6 Å². The van der Waals surface area contributed by atoms with Crippen molar-refractivity contribution in [1.82, 2.24) is 9.78 Å². The topological polar surface area (TPSA) is 91.7 Å². The molecule has 1 N–H and O–H groups in total. The molecule has 0 unspecified atom stereocenters. The van der Waals surface area contributed by atoms with Crippen molar-refractivity contribution in [2.24, 2.45) is 0 Å². The van der Waals surface area contributed by atoms with Crippen LogP contribution in [0.15, 0.2) is 85.2 Å². The van der Waals surface area contributed by atoms with Crippen LogP contribution in [0.2, 0.25) is 0 Å². The fourth-order valence-electron chi connectivity index (χ4n) is 3.19. The molecule has 1 heterocycles. The van der Waals surface area contributed by atoms with Crippen molar-refractivity contribution in [3.63, 3.8) is 0 Å². The predicted octanol–water partition coefficient (Wildman–Crippen LogP) is 4.39. The maximum Gasteiger partial charge on any atom is 0.338 e. The number of carbonyl (C=O) groups excluding carboxylic acids is 2. The van der Waals surface area contributed by atoms with Crippen LogP contribution in [0.5, 0.6) is 11.5 Å². The zero-order chi connectivity index (χ0) is 24.6. The number of halogens is 1. The van der Waals surface area contributed by atoms with E-state index in [-0.39, 0.29) is 30.3 Å². The maximum absolute atomic E-state index is 13.0. The largest absolute Gasteiger partial charge is 0.493 e. The summed E-state index contributed by atoms with van der Waals surface area (Å²) in [5.74, 6) is -0.795. The zero-order valence-electron chi connectivity index (χ0n) is 18.8. The lowest BCUT2D eigenvalue weighted by atomic mass is 10.2. The average molecular weight is 475 g/mol. The summed E-state index contributed by atoms with van der Waals surface area (Å²) in [4.78, 5) is 24.6. The first-order valence-corrected chi connectivity index (χ1v) is 10.6. The van der Waals surface area contributed by atoms with Gasteiger partial charge in [-0.15, -0.1) is 0 Å². The Morgan fingerprint density at radius 2 is 1.77 bits per heavy atom. The summed E-state index contributed by atoms with van der Waals surface area (Å²) in [5.41, 5.74) is 2.45. The fraction of sp³-hybridized carbons (Fsp3) is 0.115. The predicted molar refractivity (Wildman–Crippen MR) is 126 cm³/mol. The first-order chi connectivity index (χ1) is 17.0. The first kappa shape index (κ1) is 23.5. The lowest BCUT2D eigenvalue weighted by Crippen LogP contribution is -2.20. The van der Waals surface area contributed by atoms with Gasteiger partial charge in [-0.25, -0.2) is 13.9 Å². The molecule has 9 heteroatoms. The third-order valence-corrected chi connectivity index (χ3v) is 4.96. The molecule has 0 fully saturated rings. The Labute approximate surface area is 200 Å². The van der Waals surface area contributed by atoms with Crippen molar-refractivity contribution >= 4 is 17.6 Å². The molecular weight excluding hydrogens is 453 g/mol. The summed E-state index contributed by atoms with van der Waals surface area (Å²) in [6.45, 7) is -0.200. The van der Waals surface area contributed by atoms with Crippen LogP contribution in [0.25, 0.3) is 5.69 Å². The molecule has 35 heavy (non-hydrogen) atoms. The van der Waals surface area contributed by atoms with Crippen LogP contribution in [0.1, 0.15) is 15.9 Å². The van der Waals surface area contributed by atoms with Gasteiger partial charge in [0.05, 0.1) is 18.4 Å². The van der Waals surface area contributed by atoms with Crippen molar-refractivity contribution < 1.29 is 28.2 Å². The lowest BCUT2D eigenvalue weighted by molar-refractivity contribution is -0.118. The van der Waals surface area contributed by atoms with E-state index < -0.39 is 17.7 Å². The molecule has 0 saturated heterocycles. The normalized spacial score (nSPS) is 10.5. The summed E-state index contributed by atoms with van der Waals surface area (Å²) in [6, 6.07) is 19.2. The second-order valence-electron chi connectivity index (χ2n) is 7.40. The molecule has 1 amide bonds. The van der Waals surface area contributed by atoms with Gasteiger partial charge in [0, 0.05) is 18.1 Å². The highest BCUT2D eigenvalue weighted by molar-refractivity contribution is 5.92. The SMILES string of the molecule is COc1cc(C(=O)OCc2ccc(-n3cccn3)cc2)ccc1OCC(=O)Nc1ccc(F)cc1. The number of nitrogens with one attached hydrogen (secondary N) is 1. The summed E-state index contributed by atoms with van der Waals surface area (Å²) in [7, 11) is 1.43. The van der Waals surface area contributed by atoms with Crippen LogP contribution < -0.4 is 14.8 Å². The molecule has 0 atom stereocenters. The van der Waals surface area contributed by atoms with Gasteiger partial charge < -0.3 is 19.5 Å². The number of carbonyl (C=O) groups is 2. The van der Waals surface area contributed by atoms with Gasteiger partial charge in [0.25, 0.3) is 5.91 Å². The van der Waals surface area contributed by atoms with Crippen LogP contribution in [0.4, 0.5) is 10.1 Å². The maximum atomic E-state index is 13.0. The Kier molecular flexibility index (Phi) is 7.37. The smallest absolute Gasteiger partial charge is 0.338 e. The minimum atomic E-state index is -0.528. The molecule has 0 spiro atoms. The van der Waals surface area contributed by atoms with Gasteiger partial charge in [-0.05, 0) is 66.2 Å². The van der Waals surface area contributed by atoms with Gasteiger partial charge in [-0.2, -0.15) is 5.10 Å². The standard InChI is InChI=1S/C26H22FN3O5/c1-33-24-15-19(5-12-23(24)34-17-25(31)29-21-8-6-20(27)7-9-21)26(32)35-16-18-3-10-22(11-4-18)30-14-2-13-28-30/h2-15H,16-17H2,1H3,(H,29,31). The molecule has 0 radical (unpaired) electrons. The van der Waals surface area contributed by atoms with Gasteiger partial charge in [-0.3, -0.25) is 4.79 Å². The quantitative estimate of drug-likeness (QED) is 0.361. The Hall–Kier alpha value is -4.66. The number of benzene rings is 3. The van der Waals surface area contributed by atoms with Gasteiger partial charge in [0.2, 0.25) is 0 Å². The number of amides is 1. The number of ether oxygens (including phenoxy) is 3. The second kappa shape index (κ2) is 11.0. The highest BCUT2D eigenvalue weighted by atomic mass is 19.1. The third-order valence-electron chi connectivity index (χ3n) is 4.96. The molecule has 0 aliphatic carbocycles. The van der Waals surface area contributed by atoms with Crippen LogP contribution in [0.3, 0.4) is 0 Å². The molecule has 4 aromatic rings. The number of methoxy groups -OCH3 is 1. The molecule has 178 valence electrons. The van der Waals surface area contributed by atoms with Crippen molar-refractivity contribution in [1.29, 1.82) is 0 Å². The van der Waals surface area contributed by atoms with Crippen molar-refractivity contribution in [2.45, 2.75) is 6.61 Å². The number of aromatic nitrogens is 2. The average Bonchev–Trinajstić information content (AvgIpc) is 3.43. The summed E-state index contributed by atoms with van der Waals surface area (Å²) < 4.78 is 30.9. The number of hydrogen-bond donors (Lipinski definition) is 1. The molecule has 0 aliphatic rings. The summed E-state index contributed by atoms with van der Waals surface area (Å²) in [6.07, 6.45) is 3.54. The molecular formula is C26H22FN3O5.